The zero-order chi connectivity index (χ0) is 40.1. The zero-order valence-electron chi connectivity index (χ0n) is 33.2. The van der Waals surface area contributed by atoms with Gasteiger partial charge in [0.05, 0.1) is 16.8 Å². The van der Waals surface area contributed by atoms with Crippen LogP contribution in [0.2, 0.25) is 0 Å². The molecule has 13 rings (SSSR count). The first kappa shape index (κ1) is 34.0. The Kier molecular flexibility index (Phi) is 7.26. The maximum Gasteiger partial charge on any atom is 0.160 e. The van der Waals surface area contributed by atoms with Gasteiger partial charge in [0.1, 0.15) is 0 Å². The summed E-state index contributed by atoms with van der Waals surface area (Å²) < 4.78 is 0. The van der Waals surface area contributed by atoms with Gasteiger partial charge < -0.3 is 0 Å². The van der Waals surface area contributed by atoms with Crippen LogP contribution in [0.25, 0.3) is 99.6 Å². The molecular weight excluding hydrogens is 737 g/mol. The molecule has 0 N–H and O–H groups in total. The van der Waals surface area contributed by atoms with Gasteiger partial charge in [0, 0.05) is 16.7 Å². The van der Waals surface area contributed by atoms with Crippen LogP contribution in [0, 0.1) is 0 Å². The molecule has 1 spiro atoms. The van der Waals surface area contributed by atoms with E-state index >= 15 is 0 Å². The minimum absolute atomic E-state index is 0.339. The van der Waals surface area contributed by atoms with E-state index < -0.39 is 0 Å². The van der Waals surface area contributed by atoms with Crippen LogP contribution < -0.4 is 0 Å². The maximum absolute atomic E-state index is 5.29. The van der Waals surface area contributed by atoms with Gasteiger partial charge in [0.2, 0.25) is 0 Å². The molecule has 61 heavy (non-hydrogen) atoms. The highest BCUT2D eigenvalue weighted by atomic mass is 14.9. The average molecular weight is 773 g/mol. The molecule has 0 unspecified atom stereocenters. The minimum Gasteiger partial charge on any atom is -0.228 e. The summed E-state index contributed by atoms with van der Waals surface area (Å²) in [5.41, 5.74) is 17.6. The lowest BCUT2D eigenvalue weighted by atomic mass is 9.70. The van der Waals surface area contributed by atoms with Crippen LogP contribution in [0.5, 0.6) is 0 Å². The van der Waals surface area contributed by atoms with Gasteiger partial charge >= 0.3 is 0 Å². The number of hydrogen-bond acceptors (Lipinski definition) is 2. The summed E-state index contributed by atoms with van der Waals surface area (Å²) in [6, 6.07) is 79.7. The third kappa shape index (κ3) is 4.91. The number of benzene rings is 10. The Hall–Kier alpha value is -7.94. The van der Waals surface area contributed by atoms with Crippen molar-refractivity contribution in [1.82, 2.24) is 9.97 Å². The highest BCUT2D eigenvalue weighted by Gasteiger charge is 2.51. The van der Waals surface area contributed by atoms with E-state index in [1.165, 1.54) is 88.0 Å². The lowest BCUT2D eigenvalue weighted by Crippen LogP contribution is -2.25. The quantitative estimate of drug-likeness (QED) is 0.167. The van der Waals surface area contributed by atoms with Gasteiger partial charge in [-0.25, -0.2) is 9.97 Å². The van der Waals surface area contributed by atoms with Crippen molar-refractivity contribution in [3.63, 3.8) is 0 Å². The van der Waals surface area contributed by atoms with Gasteiger partial charge in [-0.2, -0.15) is 0 Å². The molecule has 2 nitrogen and oxygen atoms in total. The van der Waals surface area contributed by atoms with E-state index in [1.807, 2.05) is 6.07 Å². The second-order valence-corrected chi connectivity index (χ2v) is 16.4. The number of fused-ring (bicyclic) bond motifs is 16. The summed E-state index contributed by atoms with van der Waals surface area (Å²) in [4.78, 5) is 10.5. The van der Waals surface area contributed by atoms with E-state index in [2.05, 4.69) is 212 Å². The van der Waals surface area contributed by atoms with Gasteiger partial charge in [0.15, 0.2) is 5.82 Å². The Morgan fingerprint density at radius 2 is 0.656 bits per heavy atom. The molecule has 0 bridgehead atoms. The van der Waals surface area contributed by atoms with E-state index in [0.29, 0.717) is 5.82 Å². The van der Waals surface area contributed by atoms with E-state index in [1.54, 1.807) is 0 Å². The van der Waals surface area contributed by atoms with Crippen molar-refractivity contribution >= 4 is 32.3 Å². The molecule has 1 heterocycles. The van der Waals surface area contributed by atoms with Gasteiger partial charge in [-0.15, -0.1) is 0 Å². The van der Waals surface area contributed by atoms with Crippen molar-refractivity contribution in [1.29, 1.82) is 0 Å². The van der Waals surface area contributed by atoms with Gasteiger partial charge in [-0.05, 0) is 106 Å². The average Bonchev–Trinajstić information content (AvgIpc) is 3.81. The topological polar surface area (TPSA) is 25.8 Å². The fourth-order valence-corrected chi connectivity index (χ4v) is 10.6. The second kappa shape index (κ2) is 13.0. The first-order valence-corrected chi connectivity index (χ1v) is 21.1. The van der Waals surface area contributed by atoms with Gasteiger partial charge in [-0.3, -0.25) is 0 Å². The fraction of sp³-hybridized carbons (Fsp3) is 0.0169. The summed E-state index contributed by atoms with van der Waals surface area (Å²) >= 11 is 0. The molecule has 2 aliphatic carbocycles. The second-order valence-electron chi connectivity index (χ2n) is 16.4. The first-order valence-electron chi connectivity index (χ1n) is 21.1. The molecular formula is C59H36N2. The minimum atomic E-state index is -0.339. The predicted octanol–water partition coefficient (Wildman–Crippen LogP) is 14.9. The zero-order valence-corrected chi connectivity index (χ0v) is 33.2. The number of aromatic nitrogens is 2. The van der Waals surface area contributed by atoms with Crippen LogP contribution in [-0.2, 0) is 5.41 Å². The van der Waals surface area contributed by atoms with E-state index in [-0.39, 0.29) is 5.41 Å². The van der Waals surface area contributed by atoms with Crippen LogP contribution in [0.3, 0.4) is 0 Å². The van der Waals surface area contributed by atoms with Crippen LogP contribution >= 0.6 is 0 Å². The van der Waals surface area contributed by atoms with Crippen LogP contribution in [0.4, 0.5) is 0 Å². The Morgan fingerprint density at radius 3 is 1.25 bits per heavy atom. The molecule has 0 atom stereocenters. The highest BCUT2D eigenvalue weighted by molar-refractivity contribution is 6.25. The largest absolute Gasteiger partial charge is 0.228 e. The highest BCUT2D eigenvalue weighted by Crippen LogP contribution is 2.63. The Balaban J connectivity index is 0.926. The normalized spacial score (nSPS) is 13.0. The van der Waals surface area contributed by atoms with Crippen molar-refractivity contribution in [2.45, 2.75) is 5.41 Å². The number of nitrogens with zero attached hydrogens (tertiary/aromatic N) is 2. The van der Waals surface area contributed by atoms with E-state index in [0.717, 1.165) is 28.1 Å². The summed E-state index contributed by atoms with van der Waals surface area (Å²) in [6.45, 7) is 0. The summed E-state index contributed by atoms with van der Waals surface area (Å²) in [7, 11) is 0. The number of rotatable bonds is 4. The molecule has 0 amide bonds. The first-order chi connectivity index (χ1) is 30.2. The SMILES string of the molecule is c1ccc(-c2cc(-c3ccc(-c4ccc5c(c4)-c4ccccc4C54c5ccccc5-c5ccccc54)cc3)nc(-c3ccc4c5ccccc5c5ccccc5c4c3)n2)cc1. The Morgan fingerprint density at radius 1 is 0.246 bits per heavy atom. The molecule has 2 heteroatoms. The predicted molar refractivity (Wildman–Crippen MR) is 253 cm³/mol. The van der Waals surface area contributed by atoms with Crippen LogP contribution in [0.15, 0.2) is 218 Å². The molecule has 10 aromatic carbocycles. The van der Waals surface area contributed by atoms with Crippen molar-refractivity contribution in [3.05, 3.63) is 241 Å². The summed E-state index contributed by atoms with van der Waals surface area (Å²) in [5.74, 6) is 0.709. The molecule has 1 aromatic heterocycles. The lowest BCUT2D eigenvalue weighted by molar-refractivity contribution is 0.794. The molecule has 0 fully saturated rings. The van der Waals surface area contributed by atoms with Crippen molar-refractivity contribution < 1.29 is 0 Å². The van der Waals surface area contributed by atoms with Gasteiger partial charge in [0.25, 0.3) is 0 Å². The molecule has 282 valence electrons. The molecule has 11 aromatic rings. The third-order valence-electron chi connectivity index (χ3n) is 13.3. The van der Waals surface area contributed by atoms with E-state index in [9.17, 15) is 0 Å². The monoisotopic (exact) mass is 772 g/mol. The molecule has 0 radical (unpaired) electrons. The third-order valence-corrected chi connectivity index (χ3v) is 13.3. The molecule has 2 aliphatic rings. The van der Waals surface area contributed by atoms with Crippen molar-refractivity contribution in [2.24, 2.45) is 0 Å². The molecule has 0 saturated carbocycles. The van der Waals surface area contributed by atoms with Crippen LogP contribution in [0.1, 0.15) is 22.3 Å². The lowest BCUT2D eigenvalue weighted by Gasteiger charge is -2.30. The molecule has 0 saturated heterocycles. The fourth-order valence-electron chi connectivity index (χ4n) is 10.6. The van der Waals surface area contributed by atoms with Crippen LogP contribution in [-0.4, -0.2) is 9.97 Å². The summed E-state index contributed by atoms with van der Waals surface area (Å²) in [5, 5.41) is 7.45. The van der Waals surface area contributed by atoms with E-state index in [4.69, 9.17) is 9.97 Å². The Bertz CT molecular complexity index is 3500. The van der Waals surface area contributed by atoms with Crippen molar-refractivity contribution in [2.75, 3.05) is 0 Å². The standard InChI is InChI=1S/C59H36N2/c1-2-14-38(15-3-1)56-36-57(61-58(60-56)41-30-32-46-44-18-5-4-16-42(44)43-17-6-7-19-45(43)50(46)35-41)39-28-26-37(27-29-39)40-31-33-55-51(34-40)49-22-10-13-25-54(49)59(55)52-23-11-8-20-47(52)48-21-9-12-24-53(48)59/h1-36H. The molecule has 0 aliphatic heterocycles. The Labute approximate surface area is 354 Å². The number of hydrogen-bond donors (Lipinski definition) is 0. The smallest absolute Gasteiger partial charge is 0.160 e. The summed E-state index contributed by atoms with van der Waals surface area (Å²) in [6.07, 6.45) is 0. The maximum atomic E-state index is 5.29. The van der Waals surface area contributed by atoms with Gasteiger partial charge in [-0.1, -0.05) is 200 Å². The van der Waals surface area contributed by atoms with Crippen molar-refractivity contribution in [3.8, 4) is 67.3 Å².